The van der Waals surface area contributed by atoms with Crippen molar-refractivity contribution in [2.45, 2.75) is 25.2 Å². The summed E-state index contributed by atoms with van der Waals surface area (Å²) in [4.78, 5) is 1.92. The minimum atomic E-state index is -0.696. The second-order valence-corrected chi connectivity index (χ2v) is 5.28. The van der Waals surface area contributed by atoms with E-state index in [1.54, 1.807) is 6.92 Å². The molecule has 0 spiro atoms. The molecule has 2 unspecified atom stereocenters. The molecule has 0 radical (unpaired) electrons. The fraction of sp³-hybridized carbons (Fsp3) is 0.500. The SMILES string of the molecule is C[C@@H](O)c1ccc(N2CC(O)C(O)C2)c(Br)c1. The Morgan fingerprint density at radius 3 is 2.35 bits per heavy atom. The minimum absolute atomic E-state index is 0.424. The van der Waals surface area contributed by atoms with Gasteiger partial charge in [-0.3, -0.25) is 0 Å². The Hall–Kier alpha value is -0.620. The number of β-amino-alcohol motifs (C(OH)–C–C–N with tert-alkyl or cyclic N) is 2. The molecule has 17 heavy (non-hydrogen) atoms. The second kappa shape index (κ2) is 4.94. The van der Waals surface area contributed by atoms with Gasteiger partial charge in [0.2, 0.25) is 0 Å². The zero-order valence-corrected chi connectivity index (χ0v) is 11.1. The van der Waals surface area contributed by atoms with Crippen LogP contribution in [0, 0.1) is 0 Å². The van der Waals surface area contributed by atoms with Crippen molar-refractivity contribution in [1.82, 2.24) is 0 Å². The van der Waals surface area contributed by atoms with Crippen molar-refractivity contribution in [1.29, 1.82) is 0 Å². The van der Waals surface area contributed by atoms with Crippen LogP contribution in [-0.4, -0.2) is 40.6 Å². The average Bonchev–Trinajstić information content (AvgIpc) is 2.58. The van der Waals surface area contributed by atoms with E-state index in [1.165, 1.54) is 0 Å². The van der Waals surface area contributed by atoms with Crippen LogP contribution in [-0.2, 0) is 0 Å². The molecule has 0 aromatic heterocycles. The minimum Gasteiger partial charge on any atom is -0.389 e. The van der Waals surface area contributed by atoms with Crippen LogP contribution in [0.4, 0.5) is 5.69 Å². The first-order valence-corrected chi connectivity index (χ1v) is 6.37. The van der Waals surface area contributed by atoms with Crippen LogP contribution in [0.3, 0.4) is 0 Å². The molecule has 1 aromatic carbocycles. The Morgan fingerprint density at radius 2 is 1.88 bits per heavy atom. The molecular formula is C12H16BrNO3. The lowest BCUT2D eigenvalue weighted by Gasteiger charge is -2.20. The van der Waals surface area contributed by atoms with Gasteiger partial charge in [-0.15, -0.1) is 0 Å². The molecule has 1 aromatic rings. The number of benzene rings is 1. The summed E-state index contributed by atoms with van der Waals surface area (Å²) in [5, 5.41) is 28.5. The van der Waals surface area contributed by atoms with Crippen molar-refractivity contribution in [2.24, 2.45) is 0 Å². The molecule has 94 valence electrons. The van der Waals surface area contributed by atoms with Gasteiger partial charge in [0, 0.05) is 17.6 Å². The molecule has 0 saturated carbocycles. The molecule has 5 heteroatoms. The van der Waals surface area contributed by atoms with E-state index < -0.39 is 18.3 Å². The van der Waals surface area contributed by atoms with E-state index in [9.17, 15) is 15.3 Å². The van der Waals surface area contributed by atoms with Crippen LogP contribution < -0.4 is 4.90 Å². The van der Waals surface area contributed by atoms with Crippen LogP contribution in [0.1, 0.15) is 18.6 Å². The average molecular weight is 302 g/mol. The lowest BCUT2D eigenvalue weighted by molar-refractivity contribution is 0.0572. The normalized spacial score (nSPS) is 26.3. The summed E-state index contributed by atoms with van der Waals surface area (Å²) in [6.07, 6.45) is -1.90. The quantitative estimate of drug-likeness (QED) is 0.764. The molecule has 1 fully saturated rings. The molecule has 0 aliphatic carbocycles. The summed E-state index contributed by atoms with van der Waals surface area (Å²) in [6.45, 7) is 2.56. The Morgan fingerprint density at radius 1 is 1.29 bits per heavy atom. The third kappa shape index (κ3) is 2.63. The van der Waals surface area contributed by atoms with E-state index >= 15 is 0 Å². The highest BCUT2D eigenvalue weighted by Gasteiger charge is 2.30. The van der Waals surface area contributed by atoms with Gasteiger partial charge in [-0.05, 0) is 40.5 Å². The van der Waals surface area contributed by atoms with Gasteiger partial charge in [0.1, 0.15) is 0 Å². The Balaban J connectivity index is 2.23. The first kappa shape index (κ1) is 12.8. The molecule has 1 saturated heterocycles. The summed E-state index contributed by atoms with van der Waals surface area (Å²) >= 11 is 3.45. The Kier molecular flexibility index (Phi) is 3.73. The van der Waals surface area contributed by atoms with Gasteiger partial charge in [0.15, 0.2) is 0 Å². The third-order valence-electron chi connectivity index (χ3n) is 3.05. The number of nitrogens with zero attached hydrogens (tertiary/aromatic N) is 1. The number of aliphatic hydroxyl groups excluding tert-OH is 3. The van der Waals surface area contributed by atoms with Crippen molar-refractivity contribution >= 4 is 21.6 Å². The van der Waals surface area contributed by atoms with E-state index in [0.29, 0.717) is 13.1 Å². The monoisotopic (exact) mass is 301 g/mol. The van der Waals surface area contributed by atoms with Crippen LogP contribution in [0.2, 0.25) is 0 Å². The van der Waals surface area contributed by atoms with Gasteiger partial charge in [0.05, 0.1) is 24.0 Å². The highest BCUT2D eigenvalue weighted by atomic mass is 79.9. The van der Waals surface area contributed by atoms with Crippen molar-refractivity contribution < 1.29 is 15.3 Å². The second-order valence-electron chi connectivity index (χ2n) is 4.43. The fourth-order valence-corrected chi connectivity index (χ4v) is 2.65. The fourth-order valence-electron chi connectivity index (χ4n) is 2.01. The van der Waals surface area contributed by atoms with Crippen LogP contribution in [0.25, 0.3) is 0 Å². The van der Waals surface area contributed by atoms with Crippen molar-refractivity contribution in [3.8, 4) is 0 Å². The molecule has 1 heterocycles. The van der Waals surface area contributed by atoms with Crippen molar-refractivity contribution in [3.05, 3.63) is 28.2 Å². The number of hydrogen-bond acceptors (Lipinski definition) is 4. The molecule has 1 aliphatic heterocycles. The summed E-state index contributed by atoms with van der Waals surface area (Å²) < 4.78 is 0.859. The van der Waals surface area contributed by atoms with E-state index in [0.717, 1.165) is 15.7 Å². The van der Waals surface area contributed by atoms with Crippen molar-refractivity contribution in [2.75, 3.05) is 18.0 Å². The summed E-state index contributed by atoms with van der Waals surface area (Å²) in [5.41, 5.74) is 1.76. The molecule has 1 aliphatic rings. The van der Waals surface area contributed by atoms with Crippen LogP contribution in [0.15, 0.2) is 22.7 Å². The van der Waals surface area contributed by atoms with E-state index in [-0.39, 0.29) is 0 Å². The summed E-state index contributed by atoms with van der Waals surface area (Å²) in [7, 11) is 0. The number of halogens is 1. The lowest BCUT2D eigenvalue weighted by Crippen LogP contribution is -2.22. The molecule has 0 bridgehead atoms. The van der Waals surface area contributed by atoms with E-state index in [2.05, 4.69) is 15.9 Å². The number of hydrogen-bond donors (Lipinski definition) is 3. The topological polar surface area (TPSA) is 63.9 Å². The predicted molar refractivity (Wildman–Crippen MR) is 69.0 cm³/mol. The van der Waals surface area contributed by atoms with E-state index in [4.69, 9.17) is 0 Å². The van der Waals surface area contributed by atoms with Crippen molar-refractivity contribution in [3.63, 3.8) is 0 Å². The first-order chi connectivity index (χ1) is 7.99. The molecular weight excluding hydrogens is 286 g/mol. The highest BCUT2D eigenvalue weighted by Crippen LogP contribution is 2.31. The van der Waals surface area contributed by atoms with Gasteiger partial charge in [0.25, 0.3) is 0 Å². The van der Waals surface area contributed by atoms with E-state index in [1.807, 2.05) is 23.1 Å². The largest absolute Gasteiger partial charge is 0.389 e. The van der Waals surface area contributed by atoms with Crippen LogP contribution >= 0.6 is 15.9 Å². The molecule has 3 N–H and O–H groups in total. The summed E-state index contributed by atoms with van der Waals surface area (Å²) in [6, 6.07) is 5.59. The maximum atomic E-state index is 9.52. The standard InChI is InChI=1S/C12H16BrNO3/c1-7(15)8-2-3-10(9(13)4-8)14-5-11(16)12(17)6-14/h2-4,7,11-12,15-17H,5-6H2,1H3/t7-,11?,12?/m1/s1. The molecule has 0 amide bonds. The van der Waals surface area contributed by atoms with Gasteiger partial charge in [-0.1, -0.05) is 6.07 Å². The Bertz CT molecular complexity index is 401. The predicted octanol–water partition coefficient (Wildman–Crippen LogP) is 1.04. The number of anilines is 1. The highest BCUT2D eigenvalue weighted by molar-refractivity contribution is 9.10. The molecule has 4 nitrogen and oxygen atoms in total. The molecule has 3 atom stereocenters. The van der Waals surface area contributed by atoms with Gasteiger partial charge in [-0.2, -0.15) is 0 Å². The third-order valence-corrected chi connectivity index (χ3v) is 3.69. The van der Waals surface area contributed by atoms with Crippen LogP contribution in [0.5, 0.6) is 0 Å². The summed E-state index contributed by atoms with van der Waals surface area (Å²) in [5.74, 6) is 0. The maximum absolute atomic E-state index is 9.52. The van der Waals surface area contributed by atoms with Gasteiger partial charge in [-0.25, -0.2) is 0 Å². The zero-order valence-electron chi connectivity index (χ0n) is 9.55. The zero-order chi connectivity index (χ0) is 12.6. The number of aliphatic hydroxyl groups is 3. The smallest absolute Gasteiger partial charge is 0.0990 e. The first-order valence-electron chi connectivity index (χ1n) is 5.57. The van der Waals surface area contributed by atoms with Gasteiger partial charge >= 0.3 is 0 Å². The van der Waals surface area contributed by atoms with Gasteiger partial charge < -0.3 is 20.2 Å². The lowest BCUT2D eigenvalue weighted by atomic mass is 10.1. The number of rotatable bonds is 2. The maximum Gasteiger partial charge on any atom is 0.0990 e. The Labute approximate surface area is 109 Å². The molecule has 2 rings (SSSR count).